The van der Waals surface area contributed by atoms with Crippen LogP contribution in [0.4, 0.5) is 13.2 Å². The second-order valence-corrected chi connectivity index (χ2v) is 8.99. The van der Waals surface area contributed by atoms with Crippen LogP contribution in [0.25, 0.3) is 22.2 Å². The molecule has 1 aliphatic heterocycles. The maximum absolute atomic E-state index is 14.5. The van der Waals surface area contributed by atoms with Gasteiger partial charge in [0.1, 0.15) is 17.5 Å². The Morgan fingerprint density at radius 1 is 1.16 bits per heavy atom. The fraction of sp³-hybridized carbons (Fsp3) is 0.375. The van der Waals surface area contributed by atoms with E-state index < -0.39 is 17.2 Å². The normalized spacial score (nSPS) is 25.4. The minimum absolute atomic E-state index is 0.0274. The van der Waals surface area contributed by atoms with Crippen molar-refractivity contribution in [2.24, 2.45) is 5.92 Å². The Morgan fingerprint density at radius 2 is 1.87 bits per heavy atom. The van der Waals surface area contributed by atoms with Crippen LogP contribution in [-0.4, -0.2) is 39.6 Å². The first-order chi connectivity index (χ1) is 14.8. The van der Waals surface area contributed by atoms with Gasteiger partial charge in [0.15, 0.2) is 0 Å². The van der Waals surface area contributed by atoms with Crippen molar-refractivity contribution in [3.63, 3.8) is 0 Å². The second-order valence-electron chi connectivity index (χ2n) is 8.99. The van der Waals surface area contributed by atoms with Crippen molar-refractivity contribution in [1.29, 1.82) is 0 Å². The molecule has 162 valence electrons. The van der Waals surface area contributed by atoms with Crippen LogP contribution in [0.1, 0.15) is 37.7 Å². The Hall–Kier alpha value is -2.80. The number of hydrogen-bond donors (Lipinski definition) is 2. The molecule has 1 atom stereocenters. The monoisotopic (exact) mass is 428 g/mol. The predicted octanol–water partition coefficient (Wildman–Crippen LogP) is 4.73. The molecular weight excluding hydrogens is 405 g/mol. The number of hydrogen-bond acceptors (Lipinski definition) is 2. The zero-order valence-electron chi connectivity index (χ0n) is 17.1. The van der Waals surface area contributed by atoms with Gasteiger partial charge in [-0.1, -0.05) is 0 Å². The topological polar surface area (TPSA) is 56.3 Å². The third-order valence-corrected chi connectivity index (χ3v) is 7.03. The summed E-state index contributed by atoms with van der Waals surface area (Å²) in [5.41, 5.74) is 1.78. The molecule has 1 saturated heterocycles. The van der Waals surface area contributed by atoms with E-state index in [1.165, 1.54) is 18.2 Å². The Kier molecular flexibility index (Phi) is 4.62. The summed E-state index contributed by atoms with van der Waals surface area (Å²) in [6.45, 7) is 2.45. The minimum atomic E-state index is -0.684. The van der Waals surface area contributed by atoms with E-state index in [9.17, 15) is 23.1 Å². The lowest BCUT2D eigenvalue weighted by molar-refractivity contribution is -0.157. The molecule has 2 heterocycles. The van der Waals surface area contributed by atoms with E-state index in [2.05, 4.69) is 4.98 Å². The van der Waals surface area contributed by atoms with Crippen LogP contribution in [0, 0.1) is 23.4 Å². The molecule has 1 saturated carbocycles. The number of aliphatic hydroxyl groups is 1. The SMILES string of the molecule is CC1(CO)CCN1C(=O)C1CC(c2c(-c3ccc(F)cc3)[nH]c3c(F)cc(F)cc23)C1. The molecule has 2 aromatic carbocycles. The number of nitrogens with one attached hydrogen (secondary N) is 1. The molecule has 0 bridgehead atoms. The standard InChI is InChI=1S/C24H23F3N2O2/c1-24(12-30)6-7-29(24)23(31)15-8-14(9-15)20-18-10-17(26)11-19(27)22(18)28-21(20)13-2-4-16(25)5-3-13/h2-5,10-11,14-15,28,30H,6-9,12H2,1H3. The van der Waals surface area contributed by atoms with Crippen molar-refractivity contribution >= 4 is 16.8 Å². The second kappa shape index (κ2) is 7.12. The van der Waals surface area contributed by atoms with Gasteiger partial charge in [-0.2, -0.15) is 0 Å². The Morgan fingerprint density at radius 3 is 2.48 bits per heavy atom. The minimum Gasteiger partial charge on any atom is -0.394 e. The van der Waals surface area contributed by atoms with Crippen LogP contribution in [0.3, 0.4) is 0 Å². The number of likely N-dealkylation sites (tertiary alicyclic amines) is 1. The fourth-order valence-electron chi connectivity index (χ4n) is 4.93. The highest BCUT2D eigenvalue weighted by molar-refractivity contribution is 5.92. The maximum atomic E-state index is 14.5. The van der Waals surface area contributed by atoms with Gasteiger partial charge in [-0.05, 0) is 73.6 Å². The number of carbonyl (C=O) groups is 1. The van der Waals surface area contributed by atoms with Crippen molar-refractivity contribution < 1.29 is 23.1 Å². The van der Waals surface area contributed by atoms with Gasteiger partial charge in [0.2, 0.25) is 5.91 Å². The average Bonchev–Trinajstić information content (AvgIpc) is 3.05. The van der Waals surface area contributed by atoms with Crippen molar-refractivity contribution in [3.8, 4) is 11.3 Å². The van der Waals surface area contributed by atoms with Crippen molar-refractivity contribution in [3.05, 3.63) is 59.4 Å². The lowest BCUT2D eigenvalue weighted by Gasteiger charge is -2.52. The summed E-state index contributed by atoms with van der Waals surface area (Å²) in [5, 5.41) is 10.1. The van der Waals surface area contributed by atoms with Gasteiger partial charge in [0.25, 0.3) is 0 Å². The van der Waals surface area contributed by atoms with Gasteiger partial charge in [0.05, 0.1) is 23.4 Å². The molecule has 4 nitrogen and oxygen atoms in total. The Labute approximate surface area is 177 Å². The summed E-state index contributed by atoms with van der Waals surface area (Å²) in [7, 11) is 0. The van der Waals surface area contributed by atoms with E-state index >= 15 is 0 Å². The number of aromatic amines is 1. The number of rotatable bonds is 4. The van der Waals surface area contributed by atoms with Gasteiger partial charge in [-0.25, -0.2) is 13.2 Å². The summed E-state index contributed by atoms with van der Waals surface area (Å²) >= 11 is 0. The quantitative estimate of drug-likeness (QED) is 0.631. The molecule has 1 aromatic heterocycles. The number of amides is 1. The summed E-state index contributed by atoms with van der Waals surface area (Å²) < 4.78 is 41.9. The van der Waals surface area contributed by atoms with Gasteiger partial charge in [-0.3, -0.25) is 4.79 Å². The van der Waals surface area contributed by atoms with Crippen LogP contribution in [0.5, 0.6) is 0 Å². The number of fused-ring (bicyclic) bond motifs is 1. The van der Waals surface area contributed by atoms with Gasteiger partial charge in [-0.15, -0.1) is 0 Å². The summed E-state index contributed by atoms with van der Waals surface area (Å²) in [4.78, 5) is 17.7. The molecule has 1 amide bonds. The zero-order chi connectivity index (χ0) is 21.9. The molecule has 5 rings (SSSR count). The molecule has 7 heteroatoms. The smallest absolute Gasteiger partial charge is 0.226 e. The zero-order valence-corrected chi connectivity index (χ0v) is 17.1. The van der Waals surface area contributed by atoms with Crippen molar-refractivity contribution in [1.82, 2.24) is 9.88 Å². The molecule has 3 aromatic rings. The fourth-order valence-corrected chi connectivity index (χ4v) is 4.93. The first kappa shape index (κ1) is 20.1. The Balaban J connectivity index is 1.49. The highest BCUT2D eigenvalue weighted by Gasteiger charge is 2.48. The summed E-state index contributed by atoms with van der Waals surface area (Å²) in [5.74, 6) is -1.93. The number of nitrogens with zero attached hydrogens (tertiary/aromatic N) is 1. The number of aliphatic hydroxyl groups excluding tert-OH is 1. The third kappa shape index (κ3) is 3.14. The van der Waals surface area contributed by atoms with E-state index in [1.54, 1.807) is 17.0 Å². The lowest BCUT2D eigenvalue weighted by atomic mass is 9.68. The highest BCUT2D eigenvalue weighted by atomic mass is 19.1. The summed E-state index contributed by atoms with van der Waals surface area (Å²) in [6.07, 6.45) is 1.91. The predicted molar refractivity (Wildman–Crippen MR) is 111 cm³/mol. The van der Waals surface area contributed by atoms with Crippen molar-refractivity contribution in [2.75, 3.05) is 13.2 Å². The first-order valence-corrected chi connectivity index (χ1v) is 10.5. The van der Waals surface area contributed by atoms with E-state index in [-0.39, 0.29) is 35.7 Å². The first-order valence-electron chi connectivity index (χ1n) is 10.5. The van der Waals surface area contributed by atoms with E-state index in [0.717, 1.165) is 18.1 Å². The molecule has 1 unspecified atom stereocenters. The average molecular weight is 428 g/mol. The van der Waals surface area contributed by atoms with Crippen LogP contribution in [0.15, 0.2) is 36.4 Å². The largest absolute Gasteiger partial charge is 0.394 e. The van der Waals surface area contributed by atoms with Crippen LogP contribution >= 0.6 is 0 Å². The highest BCUT2D eigenvalue weighted by Crippen LogP contribution is 2.50. The van der Waals surface area contributed by atoms with Crippen molar-refractivity contribution in [2.45, 2.75) is 37.6 Å². The molecule has 2 aliphatic rings. The molecule has 31 heavy (non-hydrogen) atoms. The van der Waals surface area contributed by atoms with Gasteiger partial charge < -0.3 is 15.0 Å². The molecular formula is C24H23F3N2O2. The maximum Gasteiger partial charge on any atom is 0.226 e. The number of benzene rings is 2. The number of H-pyrrole nitrogens is 1. The molecule has 0 spiro atoms. The number of carbonyl (C=O) groups excluding carboxylic acids is 1. The van der Waals surface area contributed by atoms with Gasteiger partial charge >= 0.3 is 0 Å². The van der Waals surface area contributed by atoms with Crippen LogP contribution < -0.4 is 0 Å². The number of halogens is 3. The van der Waals surface area contributed by atoms with Gasteiger partial charge in [0, 0.05) is 23.9 Å². The lowest BCUT2D eigenvalue weighted by Crippen LogP contribution is -2.64. The summed E-state index contributed by atoms with van der Waals surface area (Å²) in [6, 6.07) is 8.01. The van der Waals surface area contributed by atoms with E-state index in [0.29, 0.717) is 36.0 Å². The molecule has 0 radical (unpaired) electrons. The third-order valence-electron chi connectivity index (χ3n) is 7.03. The molecule has 2 N–H and O–H groups in total. The van der Waals surface area contributed by atoms with Crippen LogP contribution in [-0.2, 0) is 4.79 Å². The molecule has 2 fully saturated rings. The van der Waals surface area contributed by atoms with E-state index in [1.807, 2.05) is 6.92 Å². The Bertz CT molecular complexity index is 1160. The van der Waals surface area contributed by atoms with E-state index in [4.69, 9.17) is 0 Å². The molecule has 1 aliphatic carbocycles. The van der Waals surface area contributed by atoms with Crippen LogP contribution in [0.2, 0.25) is 0 Å². The number of aromatic nitrogens is 1.